The van der Waals surface area contributed by atoms with E-state index in [0.29, 0.717) is 19.4 Å². The number of aliphatic hydroxyl groups is 2. The molecule has 0 aromatic carbocycles. The number of esters is 1. The Morgan fingerprint density at radius 3 is 1.03 bits per heavy atom. The summed E-state index contributed by atoms with van der Waals surface area (Å²) in [6.07, 6.45) is 72.1. The average Bonchev–Trinajstić information content (AvgIpc) is 3.35. The van der Waals surface area contributed by atoms with Crippen molar-refractivity contribution in [1.82, 2.24) is 5.32 Å². The van der Waals surface area contributed by atoms with Gasteiger partial charge < -0.3 is 20.3 Å². The molecule has 0 rings (SSSR count). The quantitative estimate of drug-likeness (QED) is 0.0321. The highest BCUT2D eigenvalue weighted by molar-refractivity contribution is 5.76. The Labute approximate surface area is 431 Å². The first-order chi connectivity index (χ1) is 34.0. The maximum Gasteiger partial charge on any atom is 0.305 e. The van der Waals surface area contributed by atoms with Crippen LogP contribution in [0.25, 0.3) is 0 Å². The lowest BCUT2D eigenvalue weighted by atomic mass is 10.0. The lowest BCUT2D eigenvalue weighted by molar-refractivity contribution is -0.143. The van der Waals surface area contributed by atoms with Gasteiger partial charge in [-0.3, -0.25) is 9.59 Å². The van der Waals surface area contributed by atoms with Crippen LogP contribution in [0, 0.1) is 0 Å². The van der Waals surface area contributed by atoms with Crippen LogP contribution >= 0.6 is 0 Å². The lowest BCUT2D eigenvalue weighted by Gasteiger charge is -2.20. The van der Waals surface area contributed by atoms with Crippen LogP contribution in [0.2, 0.25) is 0 Å². The molecule has 0 aliphatic heterocycles. The number of carbonyl (C=O) groups excluding carboxylic acids is 2. The summed E-state index contributed by atoms with van der Waals surface area (Å²) in [6, 6.07) is -0.637. The van der Waals surface area contributed by atoms with E-state index < -0.39 is 12.1 Å². The molecule has 0 saturated heterocycles. The topological polar surface area (TPSA) is 95.9 Å². The standard InChI is InChI=1S/C63H121NO5/c1-3-5-7-9-11-13-15-17-19-21-22-23-24-25-26-27-31-35-39-43-47-51-55-61(66)60(59-65)64-62(67)56-52-48-44-40-36-32-29-30-34-38-42-46-50-54-58-69-63(68)57-53-49-45-41-37-33-28-20-18-16-14-12-10-8-6-4-2/h20,28,51,55,60-61,65-66H,3-19,21-27,29-50,52-54,56-59H2,1-2H3,(H,64,67)/b28-20-,55-51+. The van der Waals surface area contributed by atoms with Crippen LogP contribution in [0.15, 0.2) is 24.3 Å². The monoisotopic (exact) mass is 972 g/mol. The van der Waals surface area contributed by atoms with Crippen LogP contribution in [-0.4, -0.2) is 47.4 Å². The number of carbonyl (C=O) groups is 2. The minimum atomic E-state index is -0.853. The molecule has 0 fully saturated rings. The largest absolute Gasteiger partial charge is 0.466 e. The van der Waals surface area contributed by atoms with Gasteiger partial charge in [0.25, 0.3) is 0 Å². The minimum Gasteiger partial charge on any atom is -0.466 e. The lowest BCUT2D eigenvalue weighted by Crippen LogP contribution is -2.45. The zero-order valence-electron chi connectivity index (χ0n) is 46.6. The molecule has 0 saturated carbocycles. The van der Waals surface area contributed by atoms with Crippen molar-refractivity contribution < 1.29 is 24.5 Å². The number of hydrogen-bond donors (Lipinski definition) is 3. The van der Waals surface area contributed by atoms with Crippen LogP contribution in [-0.2, 0) is 14.3 Å². The molecule has 0 aromatic heterocycles. The molecule has 6 heteroatoms. The molecule has 3 N–H and O–H groups in total. The molecule has 2 unspecified atom stereocenters. The molecule has 408 valence electrons. The molecular formula is C63H121NO5. The van der Waals surface area contributed by atoms with E-state index in [1.54, 1.807) is 6.08 Å². The minimum absolute atomic E-state index is 0.0100. The number of hydrogen-bond acceptors (Lipinski definition) is 5. The Bertz CT molecular complexity index is 1080. The summed E-state index contributed by atoms with van der Waals surface area (Å²) in [5.41, 5.74) is 0. The van der Waals surface area contributed by atoms with E-state index in [0.717, 1.165) is 57.8 Å². The third-order valence-electron chi connectivity index (χ3n) is 14.5. The summed E-state index contributed by atoms with van der Waals surface area (Å²) >= 11 is 0. The van der Waals surface area contributed by atoms with Crippen molar-refractivity contribution in [1.29, 1.82) is 0 Å². The zero-order chi connectivity index (χ0) is 50.0. The third-order valence-corrected chi connectivity index (χ3v) is 14.5. The van der Waals surface area contributed by atoms with Gasteiger partial charge in [0.2, 0.25) is 5.91 Å². The van der Waals surface area contributed by atoms with E-state index in [2.05, 4.69) is 31.3 Å². The van der Waals surface area contributed by atoms with Crippen molar-refractivity contribution in [2.45, 2.75) is 353 Å². The number of unbranched alkanes of at least 4 members (excludes halogenated alkanes) is 45. The van der Waals surface area contributed by atoms with E-state index in [-0.39, 0.29) is 18.5 Å². The van der Waals surface area contributed by atoms with Gasteiger partial charge in [-0.25, -0.2) is 0 Å². The van der Waals surface area contributed by atoms with Crippen molar-refractivity contribution in [3.8, 4) is 0 Å². The predicted molar refractivity (Wildman–Crippen MR) is 301 cm³/mol. The van der Waals surface area contributed by atoms with Gasteiger partial charge in [0.1, 0.15) is 0 Å². The summed E-state index contributed by atoms with van der Waals surface area (Å²) in [7, 11) is 0. The number of rotatable bonds is 58. The molecule has 0 heterocycles. The van der Waals surface area contributed by atoms with Gasteiger partial charge in [-0.15, -0.1) is 0 Å². The third kappa shape index (κ3) is 55.5. The number of ether oxygens (including phenoxy) is 1. The Kier molecular flexibility index (Phi) is 57.5. The Hall–Kier alpha value is -1.66. The Morgan fingerprint density at radius 2 is 0.681 bits per heavy atom. The fourth-order valence-electron chi connectivity index (χ4n) is 9.69. The molecule has 0 spiro atoms. The van der Waals surface area contributed by atoms with E-state index in [9.17, 15) is 19.8 Å². The van der Waals surface area contributed by atoms with E-state index in [4.69, 9.17) is 4.74 Å². The maximum atomic E-state index is 12.5. The van der Waals surface area contributed by atoms with Gasteiger partial charge in [0, 0.05) is 12.8 Å². The Balaban J connectivity index is 3.47. The molecule has 0 aliphatic carbocycles. The highest BCUT2D eigenvalue weighted by Crippen LogP contribution is 2.17. The molecule has 2 atom stereocenters. The van der Waals surface area contributed by atoms with Gasteiger partial charge >= 0.3 is 5.97 Å². The molecule has 69 heavy (non-hydrogen) atoms. The summed E-state index contributed by atoms with van der Waals surface area (Å²) in [5, 5.41) is 23.2. The number of amides is 1. The van der Waals surface area contributed by atoms with Gasteiger partial charge in [-0.1, -0.05) is 295 Å². The van der Waals surface area contributed by atoms with Crippen LogP contribution in [0.4, 0.5) is 0 Å². The van der Waals surface area contributed by atoms with Gasteiger partial charge in [0.05, 0.1) is 25.4 Å². The number of aliphatic hydroxyl groups excluding tert-OH is 2. The van der Waals surface area contributed by atoms with Crippen LogP contribution in [0.3, 0.4) is 0 Å². The summed E-state index contributed by atoms with van der Waals surface area (Å²) in [6.45, 7) is 4.90. The summed E-state index contributed by atoms with van der Waals surface area (Å²) in [4.78, 5) is 24.6. The first-order valence-electron chi connectivity index (χ1n) is 31.1. The molecule has 0 aromatic rings. The molecular weight excluding hydrogens is 851 g/mol. The first kappa shape index (κ1) is 67.3. The van der Waals surface area contributed by atoms with Gasteiger partial charge in [-0.05, 0) is 57.8 Å². The van der Waals surface area contributed by atoms with Crippen molar-refractivity contribution in [2.24, 2.45) is 0 Å². The van der Waals surface area contributed by atoms with E-state index >= 15 is 0 Å². The summed E-state index contributed by atoms with van der Waals surface area (Å²) < 4.78 is 5.48. The van der Waals surface area contributed by atoms with E-state index in [1.165, 1.54) is 257 Å². The van der Waals surface area contributed by atoms with Crippen molar-refractivity contribution in [3.05, 3.63) is 24.3 Å². The van der Waals surface area contributed by atoms with Crippen molar-refractivity contribution in [2.75, 3.05) is 13.2 Å². The predicted octanol–water partition coefficient (Wildman–Crippen LogP) is 19.4. The smallest absolute Gasteiger partial charge is 0.305 e. The van der Waals surface area contributed by atoms with Gasteiger partial charge in [-0.2, -0.15) is 0 Å². The Morgan fingerprint density at radius 1 is 0.391 bits per heavy atom. The fraction of sp³-hybridized carbons (Fsp3) is 0.905. The second-order valence-electron chi connectivity index (χ2n) is 21.4. The highest BCUT2D eigenvalue weighted by Gasteiger charge is 2.18. The van der Waals surface area contributed by atoms with E-state index in [1.807, 2.05) is 6.08 Å². The second kappa shape index (κ2) is 58.9. The number of allylic oxidation sites excluding steroid dienone is 3. The SMILES string of the molecule is CCCCCCCCC/C=C\CCCCCCCC(=O)OCCCCCCCCCCCCCCCCC(=O)NC(CO)C(O)/C=C/CCCCCCCCCCCCCCCCCCCCCC. The summed E-state index contributed by atoms with van der Waals surface area (Å²) in [5.74, 6) is -0.0855. The molecule has 0 bridgehead atoms. The average molecular weight is 973 g/mol. The normalized spacial score (nSPS) is 12.7. The highest BCUT2D eigenvalue weighted by atomic mass is 16.5. The number of nitrogens with one attached hydrogen (secondary N) is 1. The second-order valence-corrected chi connectivity index (χ2v) is 21.4. The van der Waals surface area contributed by atoms with Crippen LogP contribution < -0.4 is 5.32 Å². The van der Waals surface area contributed by atoms with Crippen LogP contribution in [0.1, 0.15) is 341 Å². The van der Waals surface area contributed by atoms with Crippen molar-refractivity contribution in [3.63, 3.8) is 0 Å². The van der Waals surface area contributed by atoms with Gasteiger partial charge in [0.15, 0.2) is 0 Å². The fourth-order valence-corrected chi connectivity index (χ4v) is 9.69. The zero-order valence-corrected chi connectivity index (χ0v) is 46.6. The molecule has 6 nitrogen and oxygen atoms in total. The molecule has 1 amide bonds. The van der Waals surface area contributed by atoms with Crippen LogP contribution in [0.5, 0.6) is 0 Å². The van der Waals surface area contributed by atoms with Crippen molar-refractivity contribution >= 4 is 11.9 Å². The maximum absolute atomic E-state index is 12.5. The molecule has 0 aliphatic rings. The first-order valence-corrected chi connectivity index (χ1v) is 31.1. The molecule has 0 radical (unpaired) electrons.